The molecule has 1 rings (SSSR count). The van der Waals surface area contributed by atoms with Crippen LogP contribution >= 0.6 is 0 Å². The number of likely N-dealkylation sites (N-methyl/N-ethyl adjacent to an activating group) is 1. The Labute approximate surface area is 90.6 Å². The molecule has 0 aliphatic rings. The molecule has 0 amide bonds. The van der Waals surface area contributed by atoms with E-state index in [-0.39, 0.29) is 12.1 Å². The molecule has 0 aliphatic heterocycles. The van der Waals surface area contributed by atoms with Crippen LogP contribution in [0.1, 0.15) is 11.3 Å². The molecule has 0 unspecified atom stereocenters. The van der Waals surface area contributed by atoms with Crippen LogP contribution in [0.25, 0.3) is 0 Å². The van der Waals surface area contributed by atoms with Crippen LogP contribution in [0.3, 0.4) is 0 Å². The minimum absolute atomic E-state index is 0.211. The van der Waals surface area contributed by atoms with Crippen LogP contribution in [-0.2, 0) is 12.7 Å². The van der Waals surface area contributed by atoms with Gasteiger partial charge in [-0.25, -0.2) is 0 Å². The number of alkyl halides is 3. The quantitative estimate of drug-likeness (QED) is 0.854. The summed E-state index contributed by atoms with van der Waals surface area (Å²) < 4.78 is 38.3. The first kappa shape index (κ1) is 12.8. The maximum Gasteiger partial charge on any atom is 0.433 e. The zero-order valence-electron chi connectivity index (χ0n) is 9.35. The molecule has 16 heavy (non-hydrogen) atoms. The maximum absolute atomic E-state index is 12.4. The number of nitrogens with zero attached hydrogens (tertiary/aromatic N) is 2. The monoisotopic (exact) mass is 237 g/mol. The van der Waals surface area contributed by atoms with Crippen LogP contribution in [0.4, 0.5) is 13.2 Å². The SMILES string of the molecule is Cc1c(C(F)(F)F)[nH]n(CCN(C)C)c1=O. The largest absolute Gasteiger partial charge is 0.433 e. The van der Waals surface area contributed by atoms with Gasteiger partial charge in [0.25, 0.3) is 5.56 Å². The van der Waals surface area contributed by atoms with E-state index in [1.807, 2.05) is 0 Å². The van der Waals surface area contributed by atoms with Crippen molar-refractivity contribution in [2.45, 2.75) is 19.6 Å². The number of H-pyrrole nitrogens is 1. The second-order valence-electron chi connectivity index (χ2n) is 3.87. The van der Waals surface area contributed by atoms with Crippen molar-refractivity contribution in [1.82, 2.24) is 14.7 Å². The molecule has 0 atom stereocenters. The van der Waals surface area contributed by atoms with Crippen LogP contribution < -0.4 is 5.56 Å². The van der Waals surface area contributed by atoms with Crippen molar-refractivity contribution in [3.63, 3.8) is 0 Å². The van der Waals surface area contributed by atoms with E-state index >= 15 is 0 Å². The molecule has 0 saturated heterocycles. The summed E-state index contributed by atoms with van der Waals surface area (Å²) in [7, 11) is 3.57. The second-order valence-corrected chi connectivity index (χ2v) is 3.87. The molecule has 0 bridgehead atoms. The molecule has 0 aromatic carbocycles. The normalized spacial score (nSPS) is 12.4. The van der Waals surface area contributed by atoms with Gasteiger partial charge in [-0.2, -0.15) is 13.2 Å². The van der Waals surface area contributed by atoms with Crippen molar-refractivity contribution in [2.75, 3.05) is 20.6 Å². The summed E-state index contributed by atoms with van der Waals surface area (Å²) in [6, 6.07) is 0. The van der Waals surface area contributed by atoms with E-state index in [9.17, 15) is 18.0 Å². The van der Waals surface area contributed by atoms with E-state index in [2.05, 4.69) is 5.10 Å². The third kappa shape index (κ3) is 2.66. The molecule has 0 spiro atoms. The molecule has 0 radical (unpaired) electrons. The average molecular weight is 237 g/mol. The zero-order valence-corrected chi connectivity index (χ0v) is 9.35. The first-order chi connectivity index (χ1) is 7.23. The third-order valence-electron chi connectivity index (χ3n) is 2.24. The first-order valence-corrected chi connectivity index (χ1v) is 4.75. The van der Waals surface area contributed by atoms with Crippen LogP contribution in [-0.4, -0.2) is 35.3 Å². The molecule has 0 aliphatic carbocycles. The van der Waals surface area contributed by atoms with E-state index < -0.39 is 17.4 Å². The van der Waals surface area contributed by atoms with Crippen molar-refractivity contribution in [3.8, 4) is 0 Å². The van der Waals surface area contributed by atoms with Gasteiger partial charge in [0.1, 0.15) is 5.69 Å². The molecule has 1 N–H and O–H groups in total. The molecule has 1 aromatic rings. The van der Waals surface area contributed by atoms with Gasteiger partial charge in [-0.3, -0.25) is 14.6 Å². The fraction of sp³-hybridized carbons (Fsp3) is 0.667. The molecule has 0 saturated carbocycles. The average Bonchev–Trinajstić information content (AvgIpc) is 2.40. The lowest BCUT2D eigenvalue weighted by molar-refractivity contribution is -0.141. The molecule has 0 fully saturated rings. The number of hydrogen-bond acceptors (Lipinski definition) is 2. The molecule has 4 nitrogen and oxygen atoms in total. The number of hydrogen-bond donors (Lipinski definition) is 1. The molecular weight excluding hydrogens is 223 g/mol. The topological polar surface area (TPSA) is 41.0 Å². The second kappa shape index (κ2) is 4.32. The van der Waals surface area contributed by atoms with Crippen molar-refractivity contribution in [3.05, 3.63) is 21.6 Å². The standard InChI is InChI=1S/C9H14F3N3O/c1-6-7(9(10,11)12)13-15(8(6)16)5-4-14(2)3/h13H,4-5H2,1-3H3. The molecule has 7 heteroatoms. The highest BCUT2D eigenvalue weighted by Crippen LogP contribution is 2.28. The summed E-state index contributed by atoms with van der Waals surface area (Å²) in [5.74, 6) is 0. The molecule has 92 valence electrons. The Kier molecular flexibility index (Phi) is 3.47. The van der Waals surface area contributed by atoms with Crippen LogP contribution in [0.2, 0.25) is 0 Å². The lowest BCUT2D eigenvalue weighted by Gasteiger charge is -2.09. The fourth-order valence-electron chi connectivity index (χ4n) is 1.31. The summed E-state index contributed by atoms with van der Waals surface area (Å²) in [5.41, 5.74) is -1.86. The highest BCUT2D eigenvalue weighted by molar-refractivity contribution is 5.18. The summed E-state index contributed by atoms with van der Waals surface area (Å²) in [6.45, 7) is 1.88. The van der Waals surface area contributed by atoms with Gasteiger partial charge in [-0.05, 0) is 21.0 Å². The number of rotatable bonds is 3. The van der Waals surface area contributed by atoms with Gasteiger partial charge < -0.3 is 4.90 Å². The van der Waals surface area contributed by atoms with Crippen molar-refractivity contribution >= 4 is 0 Å². The van der Waals surface area contributed by atoms with Crippen LogP contribution in [0.5, 0.6) is 0 Å². The Morgan fingerprint density at radius 1 is 1.38 bits per heavy atom. The molecule has 1 heterocycles. The van der Waals surface area contributed by atoms with Crippen molar-refractivity contribution in [2.24, 2.45) is 0 Å². The van der Waals surface area contributed by atoms with Crippen molar-refractivity contribution in [1.29, 1.82) is 0 Å². The predicted molar refractivity (Wildman–Crippen MR) is 53.3 cm³/mol. The van der Waals surface area contributed by atoms with Crippen LogP contribution in [0, 0.1) is 6.92 Å². The molecule has 1 aromatic heterocycles. The minimum atomic E-state index is -4.51. The van der Waals surface area contributed by atoms with E-state index in [4.69, 9.17) is 0 Å². The summed E-state index contributed by atoms with van der Waals surface area (Å²) in [5, 5.41) is 2.10. The number of aromatic nitrogens is 2. The van der Waals surface area contributed by atoms with E-state index in [0.717, 1.165) is 4.68 Å². The van der Waals surface area contributed by atoms with E-state index in [1.165, 1.54) is 6.92 Å². The minimum Gasteiger partial charge on any atom is -0.308 e. The number of aromatic amines is 1. The summed E-state index contributed by atoms with van der Waals surface area (Å²) >= 11 is 0. The Hall–Kier alpha value is -1.24. The van der Waals surface area contributed by atoms with Gasteiger partial charge in [0.2, 0.25) is 0 Å². The van der Waals surface area contributed by atoms with Crippen LogP contribution in [0.15, 0.2) is 4.79 Å². The predicted octanol–water partition coefficient (Wildman–Crippen LogP) is 1.07. The smallest absolute Gasteiger partial charge is 0.308 e. The Morgan fingerprint density at radius 2 is 1.94 bits per heavy atom. The van der Waals surface area contributed by atoms with Gasteiger partial charge in [0.15, 0.2) is 0 Å². The highest BCUT2D eigenvalue weighted by Gasteiger charge is 2.36. The lowest BCUT2D eigenvalue weighted by Crippen LogP contribution is -2.25. The van der Waals surface area contributed by atoms with E-state index in [1.54, 1.807) is 19.0 Å². The third-order valence-corrected chi connectivity index (χ3v) is 2.24. The van der Waals surface area contributed by atoms with Gasteiger partial charge in [-0.15, -0.1) is 0 Å². The molecular formula is C9H14F3N3O. The zero-order chi connectivity index (χ0) is 12.5. The lowest BCUT2D eigenvalue weighted by atomic mass is 10.3. The van der Waals surface area contributed by atoms with Gasteiger partial charge >= 0.3 is 6.18 Å². The van der Waals surface area contributed by atoms with Gasteiger partial charge in [0, 0.05) is 12.1 Å². The first-order valence-electron chi connectivity index (χ1n) is 4.75. The van der Waals surface area contributed by atoms with Gasteiger partial charge in [0.05, 0.1) is 6.54 Å². The Bertz CT molecular complexity index is 417. The van der Waals surface area contributed by atoms with Crippen molar-refractivity contribution < 1.29 is 13.2 Å². The van der Waals surface area contributed by atoms with E-state index in [0.29, 0.717) is 6.54 Å². The summed E-state index contributed by atoms with van der Waals surface area (Å²) in [4.78, 5) is 13.2. The number of halogens is 3. The Balaban J connectivity index is 3.01. The Morgan fingerprint density at radius 3 is 2.31 bits per heavy atom. The fourth-order valence-corrected chi connectivity index (χ4v) is 1.31. The summed E-state index contributed by atoms with van der Waals surface area (Å²) in [6.07, 6.45) is -4.51. The van der Waals surface area contributed by atoms with Gasteiger partial charge in [-0.1, -0.05) is 0 Å². The number of nitrogens with one attached hydrogen (secondary N) is 1. The maximum atomic E-state index is 12.4. The highest BCUT2D eigenvalue weighted by atomic mass is 19.4.